The van der Waals surface area contributed by atoms with Gasteiger partial charge in [-0.3, -0.25) is 9.69 Å². The molecule has 0 aliphatic carbocycles. The number of aromatic nitrogens is 5. The third kappa shape index (κ3) is 2.79. The third-order valence-electron chi connectivity index (χ3n) is 6.26. The molecule has 2 aliphatic heterocycles. The summed E-state index contributed by atoms with van der Waals surface area (Å²) in [6.07, 6.45) is 0.444. The van der Waals surface area contributed by atoms with Crippen LogP contribution in [0.2, 0.25) is 0 Å². The van der Waals surface area contributed by atoms with E-state index in [1.165, 1.54) is 17.0 Å². The first-order valence-electron chi connectivity index (χ1n) is 10.3. The highest BCUT2D eigenvalue weighted by atomic mass is 19.1. The zero-order chi connectivity index (χ0) is 21.8. The summed E-state index contributed by atoms with van der Waals surface area (Å²) in [6, 6.07) is 13.5. The molecule has 0 saturated carbocycles. The molecule has 2 aromatic carbocycles. The number of tetrazole rings is 1. The molecule has 0 radical (unpaired) electrons. The average molecular weight is 431 g/mol. The highest BCUT2D eigenvalue weighted by Crippen LogP contribution is 2.37. The summed E-state index contributed by atoms with van der Waals surface area (Å²) in [5.41, 5.74) is 4.06. The van der Waals surface area contributed by atoms with E-state index in [1.54, 1.807) is 17.0 Å². The van der Waals surface area contributed by atoms with E-state index in [0.717, 1.165) is 27.7 Å². The maximum absolute atomic E-state index is 13.4. The zero-order valence-electron chi connectivity index (χ0n) is 16.9. The predicted octanol–water partition coefficient (Wildman–Crippen LogP) is 2.23. The van der Waals surface area contributed by atoms with Crippen LogP contribution in [0.1, 0.15) is 22.6 Å². The number of carbonyl (C=O) groups excluding carboxylic acids is 2. The Morgan fingerprint density at radius 1 is 1.06 bits per heavy atom. The van der Waals surface area contributed by atoms with Crippen LogP contribution < -0.4 is 0 Å². The van der Waals surface area contributed by atoms with Gasteiger partial charge in [-0.2, -0.15) is 5.21 Å². The quantitative estimate of drug-likeness (QED) is 0.500. The number of H-pyrrole nitrogens is 1. The Labute approximate surface area is 181 Å². The van der Waals surface area contributed by atoms with Crippen molar-refractivity contribution in [2.24, 2.45) is 0 Å². The van der Waals surface area contributed by atoms with Crippen molar-refractivity contribution in [2.75, 3.05) is 0 Å². The summed E-state index contributed by atoms with van der Waals surface area (Å²) < 4.78 is 15.5. The van der Waals surface area contributed by atoms with Gasteiger partial charge >= 0.3 is 6.03 Å². The zero-order valence-corrected chi connectivity index (χ0v) is 16.9. The Bertz CT molecular complexity index is 1350. The number of nitrogens with one attached hydrogen (secondary N) is 1. The minimum Gasteiger partial charge on any atom is -0.338 e. The number of rotatable bonds is 4. The summed E-state index contributed by atoms with van der Waals surface area (Å²) in [5.74, 6) is -0.241. The Hall–Kier alpha value is -4.08. The van der Waals surface area contributed by atoms with Crippen molar-refractivity contribution in [2.45, 2.75) is 32.1 Å². The molecule has 0 bridgehead atoms. The number of para-hydroxylation sites is 1. The molecule has 1 fully saturated rings. The number of aromatic amines is 1. The summed E-state index contributed by atoms with van der Waals surface area (Å²) in [7, 11) is 0. The van der Waals surface area contributed by atoms with Crippen LogP contribution in [0.15, 0.2) is 48.5 Å². The molecule has 6 rings (SSSR count). The number of nitrogens with zero attached hydrogens (tertiary/aromatic N) is 6. The fourth-order valence-corrected chi connectivity index (χ4v) is 4.75. The number of benzene rings is 2. The second-order valence-electron chi connectivity index (χ2n) is 8.04. The van der Waals surface area contributed by atoms with E-state index in [4.69, 9.17) is 0 Å². The maximum atomic E-state index is 13.4. The topological polar surface area (TPSA) is 100 Å². The molecule has 0 spiro atoms. The molecule has 4 aromatic rings. The first-order chi connectivity index (χ1) is 15.6. The van der Waals surface area contributed by atoms with Crippen molar-refractivity contribution in [3.05, 3.63) is 77.0 Å². The molecular formula is C22H18FN7O2. The standard InChI is InChI=1S/C22H18FN7O2/c23-14-7-5-13(6-8-14)10-28-17-4-2-1-3-15(17)16-9-18-21(31)30(12-20-24-26-27-25-20)22(32)29(18)11-19(16)28/h1-8,18H,9-12H2,(H,24,25,26,27). The number of carbonyl (C=O) groups is 2. The van der Waals surface area contributed by atoms with Crippen molar-refractivity contribution in [3.63, 3.8) is 0 Å². The van der Waals surface area contributed by atoms with Crippen molar-refractivity contribution in [1.29, 1.82) is 0 Å². The van der Waals surface area contributed by atoms with Crippen molar-refractivity contribution < 1.29 is 14.0 Å². The second kappa shape index (κ2) is 6.98. The highest BCUT2D eigenvalue weighted by molar-refractivity contribution is 6.05. The van der Waals surface area contributed by atoms with Crippen LogP contribution in [-0.4, -0.2) is 53.0 Å². The fourth-order valence-electron chi connectivity index (χ4n) is 4.75. The van der Waals surface area contributed by atoms with E-state index in [9.17, 15) is 14.0 Å². The number of urea groups is 1. The first-order valence-corrected chi connectivity index (χ1v) is 10.3. The summed E-state index contributed by atoms with van der Waals surface area (Å²) in [6.45, 7) is 0.855. The molecule has 1 atom stereocenters. The Balaban J connectivity index is 1.39. The van der Waals surface area contributed by atoms with Crippen LogP contribution in [-0.2, 0) is 30.8 Å². The molecule has 2 aromatic heterocycles. The van der Waals surface area contributed by atoms with E-state index in [0.29, 0.717) is 19.5 Å². The molecule has 1 unspecified atom stereocenters. The maximum Gasteiger partial charge on any atom is 0.328 e. The molecule has 2 aliphatic rings. The Morgan fingerprint density at radius 2 is 1.88 bits per heavy atom. The van der Waals surface area contributed by atoms with Gasteiger partial charge in [0.15, 0.2) is 5.82 Å². The molecule has 1 N–H and O–H groups in total. The lowest BCUT2D eigenvalue weighted by molar-refractivity contribution is -0.128. The van der Waals surface area contributed by atoms with E-state index in [2.05, 4.69) is 25.2 Å². The third-order valence-corrected chi connectivity index (χ3v) is 6.26. The number of hydrogen-bond donors (Lipinski definition) is 1. The molecular weight excluding hydrogens is 413 g/mol. The average Bonchev–Trinajstić information content (AvgIpc) is 3.49. The lowest BCUT2D eigenvalue weighted by Gasteiger charge is -2.28. The molecule has 3 amide bonds. The lowest BCUT2D eigenvalue weighted by Crippen LogP contribution is -2.40. The summed E-state index contributed by atoms with van der Waals surface area (Å²) >= 11 is 0. The fraction of sp³-hybridized carbons (Fsp3) is 0.227. The van der Waals surface area contributed by atoms with Gasteiger partial charge in [0.25, 0.3) is 5.91 Å². The minimum absolute atomic E-state index is 0.0122. The van der Waals surface area contributed by atoms with E-state index in [-0.39, 0.29) is 30.1 Å². The summed E-state index contributed by atoms with van der Waals surface area (Å²) in [4.78, 5) is 29.0. The number of fused-ring (bicyclic) bond motifs is 4. The van der Waals surface area contributed by atoms with Gasteiger partial charge in [-0.1, -0.05) is 35.5 Å². The van der Waals surface area contributed by atoms with Gasteiger partial charge in [-0.05, 0) is 29.3 Å². The molecule has 160 valence electrons. The monoisotopic (exact) mass is 431 g/mol. The van der Waals surface area contributed by atoms with Gasteiger partial charge < -0.3 is 9.47 Å². The van der Waals surface area contributed by atoms with Crippen molar-refractivity contribution >= 4 is 22.8 Å². The first kappa shape index (κ1) is 18.7. The van der Waals surface area contributed by atoms with Crippen molar-refractivity contribution in [1.82, 2.24) is 35.0 Å². The Morgan fingerprint density at radius 3 is 2.66 bits per heavy atom. The van der Waals surface area contributed by atoms with Gasteiger partial charge in [0.2, 0.25) is 0 Å². The number of imide groups is 1. The smallest absolute Gasteiger partial charge is 0.328 e. The van der Waals surface area contributed by atoms with Gasteiger partial charge in [-0.25, -0.2) is 9.18 Å². The van der Waals surface area contributed by atoms with Crippen LogP contribution in [0, 0.1) is 5.82 Å². The molecule has 4 heterocycles. The lowest BCUT2D eigenvalue weighted by atomic mass is 9.97. The van der Waals surface area contributed by atoms with Crippen molar-refractivity contribution in [3.8, 4) is 0 Å². The van der Waals surface area contributed by atoms with Crippen LogP contribution >= 0.6 is 0 Å². The molecule has 32 heavy (non-hydrogen) atoms. The molecule has 9 nitrogen and oxygen atoms in total. The van der Waals surface area contributed by atoms with E-state index < -0.39 is 6.04 Å². The number of hydrogen-bond acceptors (Lipinski definition) is 5. The van der Waals surface area contributed by atoms with Crippen LogP contribution in [0.25, 0.3) is 10.9 Å². The highest BCUT2D eigenvalue weighted by Gasteiger charge is 2.48. The number of halogens is 1. The second-order valence-corrected chi connectivity index (χ2v) is 8.04. The van der Waals surface area contributed by atoms with Crippen LogP contribution in [0.4, 0.5) is 9.18 Å². The summed E-state index contributed by atoms with van der Waals surface area (Å²) in [5, 5.41) is 14.6. The molecule has 1 saturated heterocycles. The van der Waals surface area contributed by atoms with Crippen LogP contribution in [0.3, 0.4) is 0 Å². The van der Waals surface area contributed by atoms with E-state index in [1.807, 2.05) is 24.3 Å². The SMILES string of the molecule is O=C1C2Cc3c(n(Cc4ccc(F)cc4)c4ccccc34)CN2C(=O)N1Cc1nn[nH]n1. The van der Waals surface area contributed by atoms with Crippen LogP contribution in [0.5, 0.6) is 0 Å². The van der Waals surface area contributed by atoms with Gasteiger partial charge in [0.1, 0.15) is 11.9 Å². The number of amides is 3. The Kier molecular flexibility index (Phi) is 4.07. The van der Waals surface area contributed by atoms with Gasteiger partial charge in [0, 0.05) is 29.6 Å². The van der Waals surface area contributed by atoms with Gasteiger partial charge in [0.05, 0.1) is 13.1 Å². The van der Waals surface area contributed by atoms with Gasteiger partial charge in [-0.15, -0.1) is 10.2 Å². The minimum atomic E-state index is -0.549. The molecule has 10 heteroatoms. The predicted molar refractivity (Wildman–Crippen MR) is 111 cm³/mol. The van der Waals surface area contributed by atoms with E-state index >= 15 is 0 Å². The normalized spacial score (nSPS) is 17.8. The largest absolute Gasteiger partial charge is 0.338 e.